The Bertz CT molecular complexity index is 1110. The van der Waals surface area contributed by atoms with Crippen LogP contribution in [-0.2, 0) is 17.8 Å². The van der Waals surface area contributed by atoms with Crippen molar-refractivity contribution < 1.29 is 18.3 Å². The lowest BCUT2D eigenvalue weighted by Gasteiger charge is -2.15. The van der Waals surface area contributed by atoms with Crippen LogP contribution in [0.25, 0.3) is 22.0 Å². The summed E-state index contributed by atoms with van der Waals surface area (Å²) >= 11 is 0. The zero-order valence-electron chi connectivity index (χ0n) is 15.6. The number of hydrogen-bond acceptors (Lipinski definition) is 4. The lowest BCUT2D eigenvalue weighted by atomic mass is 9.99. The van der Waals surface area contributed by atoms with Crippen LogP contribution in [0.4, 0.5) is 8.78 Å². The molecule has 0 amide bonds. The van der Waals surface area contributed by atoms with Crippen molar-refractivity contribution in [3.05, 3.63) is 69.5 Å². The smallest absolute Gasteiger partial charge is 0.343 e. The Kier molecular flexibility index (Phi) is 5.56. The predicted molar refractivity (Wildman–Crippen MR) is 103 cm³/mol. The molecule has 1 aromatic heterocycles. The van der Waals surface area contributed by atoms with Gasteiger partial charge in [-0.25, -0.2) is 13.6 Å². The molecule has 0 saturated carbocycles. The van der Waals surface area contributed by atoms with E-state index >= 15 is 4.39 Å². The van der Waals surface area contributed by atoms with Gasteiger partial charge in [0.05, 0.1) is 23.1 Å². The van der Waals surface area contributed by atoms with Crippen LogP contribution in [-0.4, -0.2) is 17.1 Å². The van der Waals surface area contributed by atoms with E-state index in [1.807, 2.05) is 0 Å². The molecule has 0 bridgehead atoms. The number of benzene rings is 2. The van der Waals surface area contributed by atoms with Crippen LogP contribution < -0.4 is 11.2 Å². The molecule has 146 valence electrons. The van der Waals surface area contributed by atoms with Gasteiger partial charge in [0, 0.05) is 19.3 Å². The normalized spacial score (nSPS) is 11.0. The second kappa shape index (κ2) is 7.90. The fourth-order valence-corrected chi connectivity index (χ4v) is 3.16. The molecule has 0 aliphatic heterocycles. The van der Waals surface area contributed by atoms with Gasteiger partial charge in [-0.05, 0) is 31.0 Å². The zero-order valence-corrected chi connectivity index (χ0v) is 15.6. The molecule has 3 rings (SSSR count). The Hall–Kier alpha value is -3.06. The average Bonchev–Trinajstić information content (AvgIpc) is 2.69. The molecule has 0 unspecified atom stereocenters. The third-order valence-corrected chi connectivity index (χ3v) is 4.57. The Morgan fingerprint density at radius 1 is 1.18 bits per heavy atom. The van der Waals surface area contributed by atoms with Crippen LogP contribution in [0.15, 0.2) is 41.3 Å². The highest BCUT2D eigenvalue weighted by Crippen LogP contribution is 2.31. The maximum Gasteiger partial charge on any atom is 0.343 e. The summed E-state index contributed by atoms with van der Waals surface area (Å²) in [5.41, 5.74) is 5.42. The molecule has 0 radical (unpaired) electrons. The highest BCUT2D eigenvalue weighted by molar-refractivity contribution is 5.95. The first-order valence-corrected chi connectivity index (χ1v) is 8.94. The van der Waals surface area contributed by atoms with Gasteiger partial charge in [0.25, 0.3) is 0 Å². The van der Waals surface area contributed by atoms with Gasteiger partial charge in [-0.15, -0.1) is 0 Å². The van der Waals surface area contributed by atoms with E-state index in [9.17, 15) is 14.0 Å². The number of esters is 1. The Morgan fingerprint density at radius 3 is 2.43 bits per heavy atom. The van der Waals surface area contributed by atoms with Gasteiger partial charge in [-0.3, -0.25) is 4.79 Å². The number of carbonyl (C=O) groups excluding carboxylic acids is 1. The zero-order chi connectivity index (χ0) is 20.4. The van der Waals surface area contributed by atoms with Gasteiger partial charge in [-0.2, -0.15) is 0 Å². The minimum atomic E-state index is -0.883. The number of ether oxygens (including phenoxy) is 1. The van der Waals surface area contributed by atoms with E-state index in [1.54, 1.807) is 38.1 Å². The van der Waals surface area contributed by atoms with E-state index in [1.165, 1.54) is 10.8 Å². The minimum absolute atomic E-state index is 0.0557. The van der Waals surface area contributed by atoms with Gasteiger partial charge in [0.1, 0.15) is 11.4 Å². The molecule has 1 heterocycles. The average molecular weight is 386 g/mol. The van der Waals surface area contributed by atoms with Crippen LogP contribution >= 0.6 is 0 Å². The summed E-state index contributed by atoms with van der Waals surface area (Å²) < 4.78 is 36.5. The van der Waals surface area contributed by atoms with Crippen LogP contribution in [0.5, 0.6) is 0 Å². The maximum atomic E-state index is 15.4. The van der Waals surface area contributed by atoms with Crippen LogP contribution in [0.1, 0.15) is 29.8 Å². The van der Waals surface area contributed by atoms with E-state index < -0.39 is 23.0 Å². The summed E-state index contributed by atoms with van der Waals surface area (Å²) in [5.74, 6) is -2.56. The number of aromatic nitrogens is 1. The number of pyridine rings is 1. The van der Waals surface area contributed by atoms with E-state index in [0.717, 1.165) is 11.6 Å². The summed E-state index contributed by atoms with van der Waals surface area (Å²) in [6.07, 6.45) is 1.25. The highest BCUT2D eigenvalue weighted by Gasteiger charge is 2.23. The highest BCUT2D eigenvalue weighted by atomic mass is 19.1. The third kappa shape index (κ3) is 3.29. The lowest BCUT2D eigenvalue weighted by Crippen LogP contribution is -2.21. The number of carbonyl (C=O) groups is 1. The molecule has 3 aromatic rings. The summed E-state index contributed by atoms with van der Waals surface area (Å²) in [6.45, 7) is 4.02. The number of nitrogens with two attached hydrogens (primary N) is 1. The standard InChI is InChI=1S/C21H20F2N2O3/c1-3-25-11-15(21(27)28-4-2)20(26)14-9-16(22)17(18(23)19(14)25)13-7-5-12(10-24)6-8-13/h5-9,11H,3-4,10,24H2,1-2H3. The second-order valence-electron chi connectivity index (χ2n) is 6.22. The number of halogens is 2. The van der Waals surface area contributed by atoms with Crippen molar-refractivity contribution in [2.45, 2.75) is 26.9 Å². The quantitative estimate of drug-likeness (QED) is 0.680. The summed E-state index contributed by atoms with van der Waals surface area (Å²) in [4.78, 5) is 24.7. The van der Waals surface area contributed by atoms with Crippen molar-refractivity contribution in [2.75, 3.05) is 6.61 Å². The summed E-state index contributed by atoms with van der Waals surface area (Å²) in [5, 5.41) is -0.204. The predicted octanol–water partition coefficient (Wildman–Crippen LogP) is 3.60. The Labute approximate surface area is 160 Å². The molecule has 0 aliphatic carbocycles. The first kappa shape index (κ1) is 19.7. The molecule has 0 atom stereocenters. The first-order valence-electron chi connectivity index (χ1n) is 8.94. The van der Waals surface area contributed by atoms with Crippen molar-refractivity contribution >= 4 is 16.9 Å². The van der Waals surface area contributed by atoms with Gasteiger partial charge in [-0.1, -0.05) is 24.3 Å². The number of fused-ring (bicyclic) bond motifs is 1. The molecule has 0 aliphatic rings. The summed E-state index contributed by atoms with van der Waals surface area (Å²) in [7, 11) is 0. The second-order valence-corrected chi connectivity index (χ2v) is 6.22. The van der Waals surface area contributed by atoms with Crippen molar-refractivity contribution in [2.24, 2.45) is 5.73 Å². The van der Waals surface area contributed by atoms with Crippen molar-refractivity contribution in [1.82, 2.24) is 4.57 Å². The van der Waals surface area contributed by atoms with Gasteiger partial charge >= 0.3 is 5.97 Å². The molecule has 2 aromatic carbocycles. The maximum absolute atomic E-state index is 15.4. The largest absolute Gasteiger partial charge is 0.462 e. The molecule has 5 nitrogen and oxygen atoms in total. The van der Waals surface area contributed by atoms with Gasteiger partial charge in [0.2, 0.25) is 5.43 Å². The first-order chi connectivity index (χ1) is 13.4. The number of hydrogen-bond donors (Lipinski definition) is 1. The lowest BCUT2D eigenvalue weighted by molar-refractivity contribution is 0.0524. The molecule has 0 fully saturated rings. The third-order valence-electron chi connectivity index (χ3n) is 4.57. The monoisotopic (exact) mass is 386 g/mol. The molecule has 2 N–H and O–H groups in total. The molecular formula is C21H20F2N2O3. The minimum Gasteiger partial charge on any atom is -0.462 e. The molecule has 28 heavy (non-hydrogen) atoms. The number of rotatable bonds is 5. The van der Waals surface area contributed by atoms with E-state index in [-0.39, 0.29) is 35.2 Å². The van der Waals surface area contributed by atoms with Crippen LogP contribution in [0.3, 0.4) is 0 Å². The van der Waals surface area contributed by atoms with Crippen LogP contribution in [0.2, 0.25) is 0 Å². The summed E-state index contributed by atoms with van der Waals surface area (Å²) in [6, 6.07) is 7.51. The van der Waals surface area contributed by atoms with Crippen molar-refractivity contribution in [1.29, 1.82) is 0 Å². The SMILES string of the molecule is CCOC(=O)c1cn(CC)c2c(F)c(-c3ccc(CN)cc3)c(F)cc2c1=O. The molecule has 7 heteroatoms. The fraction of sp³-hybridized carbons (Fsp3) is 0.238. The number of aryl methyl sites for hydroxylation is 1. The Morgan fingerprint density at radius 2 is 1.86 bits per heavy atom. The van der Waals surface area contributed by atoms with Crippen molar-refractivity contribution in [3.8, 4) is 11.1 Å². The van der Waals surface area contributed by atoms with Gasteiger partial charge in [0.15, 0.2) is 5.82 Å². The topological polar surface area (TPSA) is 74.3 Å². The molecule has 0 saturated heterocycles. The number of nitrogens with zero attached hydrogens (tertiary/aromatic N) is 1. The Balaban J connectivity index is 2.32. The van der Waals surface area contributed by atoms with E-state index in [0.29, 0.717) is 12.1 Å². The van der Waals surface area contributed by atoms with Gasteiger partial charge < -0.3 is 15.0 Å². The van der Waals surface area contributed by atoms with E-state index in [2.05, 4.69) is 0 Å². The molecular weight excluding hydrogens is 366 g/mol. The van der Waals surface area contributed by atoms with Crippen LogP contribution in [0, 0.1) is 11.6 Å². The van der Waals surface area contributed by atoms with E-state index in [4.69, 9.17) is 10.5 Å². The van der Waals surface area contributed by atoms with Crippen molar-refractivity contribution in [3.63, 3.8) is 0 Å². The molecule has 0 spiro atoms. The fourth-order valence-electron chi connectivity index (χ4n) is 3.16.